The maximum atomic E-state index is 12.6. The lowest BCUT2D eigenvalue weighted by Crippen LogP contribution is -2.22. The molecule has 1 N–H and O–H groups in total. The third kappa shape index (κ3) is 5.57. The predicted octanol–water partition coefficient (Wildman–Crippen LogP) is 4.33. The Balaban J connectivity index is 1.44. The van der Waals surface area contributed by atoms with Gasteiger partial charge in [0.05, 0.1) is 17.7 Å². The molecule has 0 bridgehead atoms. The molecule has 178 valence electrons. The van der Waals surface area contributed by atoms with Crippen molar-refractivity contribution in [1.29, 1.82) is 0 Å². The third-order valence-electron chi connectivity index (χ3n) is 6.00. The summed E-state index contributed by atoms with van der Waals surface area (Å²) in [6, 6.07) is 1.37. The van der Waals surface area contributed by atoms with Crippen molar-refractivity contribution in [3.05, 3.63) is 26.9 Å². The lowest BCUT2D eigenvalue weighted by Gasteiger charge is -2.23. The average Bonchev–Trinajstić information content (AvgIpc) is 3.47. The van der Waals surface area contributed by atoms with E-state index in [1.54, 1.807) is 18.4 Å². The van der Waals surface area contributed by atoms with Crippen LogP contribution in [0.1, 0.15) is 51.4 Å². The zero-order chi connectivity index (χ0) is 23.7. The molecule has 0 saturated heterocycles. The van der Waals surface area contributed by atoms with Crippen LogP contribution in [0.4, 0.5) is 14.6 Å². The fourth-order valence-corrected chi connectivity index (χ4v) is 5.91. The second-order valence-corrected chi connectivity index (χ2v) is 10.1. The van der Waals surface area contributed by atoms with E-state index in [9.17, 15) is 18.4 Å². The van der Waals surface area contributed by atoms with Gasteiger partial charge in [-0.15, -0.1) is 16.4 Å². The topological polar surface area (TPSA) is 82.5 Å². The Morgan fingerprint density at radius 3 is 2.79 bits per heavy atom. The van der Waals surface area contributed by atoms with Gasteiger partial charge in [-0.3, -0.25) is 4.79 Å². The van der Waals surface area contributed by atoms with Gasteiger partial charge < -0.3 is 14.8 Å². The summed E-state index contributed by atoms with van der Waals surface area (Å²) in [7, 11) is 2.97. The van der Waals surface area contributed by atoms with Crippen LogP contribution in [0.2, 0.25) is 0 Å². The number of hydrogen-bond acceptors (Lipinski definition) is 7. The fourth-order valence-electron chi connectivity index (χ4n) is 4.22. The van der Waals surface area contributed by atoms with Crippen molar-refractivity contribution in [2.24, 2.45) is 18.9 Å². The summed E-state index contributed by atoms with van der Waals surface area (Å²) in [5.74, 6) is 0.422. The molecular formula is C22H25F2N3O4S2. The molecule has 2 aliphatic carbocycles. The number of ether oxygens (including phenoxy) is 2. The Bertz CT molecular complexity index is 1080. The van der Waals surface area contributed by atoms with Crippen LogP contribution >= 0.6 is 23.6 Å². The first kappa shape index (κ1) is 23.7. The number of esters is 1. The van der Waals surface area contributed by atoms with Gasteiger partial charge in [-0.1, -0.05) is 12.2 Å². The lowest BCUT2D eigenvalue weighted by atomic mass is 9.84. The summed E-state index contributed by atoms with van der Waals surface area (Å²) in [4.78, 5) is 27.5. The van der Waals surface area contributed by atoms with Crippen LogP contribution in [-0.2, 0) is 35.8 Å². The molecule has 1 fully saturated rings. The number of Topliss-reactive ketones (excluding diaryl/α,β-unsaturated/α-hetero) is 1. The first-order valence-corrected chi connectivity index (χ1v) is 12.0. The summed E-state index contributed by atoms with van der Waals surface area (Å²) in [5.41, 5.74) is 1.52. The lowest BCUT2D eigenvalue weighted by molar-refractivity contribution is -0.119. The number of ketones is 1. The number of methoxy groups -OCH3 is 1. The number of fused-ring (bicyclic) bond motifs is 1. The molecule has 11 heteroatoms. The molecule has 0 spiro atoms. The number of nitrogens with zero attached hydrogens (tertiary/aromatic N) is 2. The number of anilines is 1. The molecule has 2 aromatic rings. The number of alkyl halides is 2. The van der Waals surface area contributed by atoms with Gasteiger partial charge in [-0.25, -0.2) is 9.48 Å². The minimum Gasteiger partial charge on any atom is -0.465 e. The van der Waals surface area contributed by atoms with Crippen LogP contribution in [0.5, 0.6) is 5.88 Å². The predicted molar refractivity (Wildman–Crippen MR) is 123 cm³/mol. The number of nitrogens with one attached hydrogen (secondary N) is 1. The molecule has 7 nitrogen and oxygen atoms in total. The molecule has 0 radical (unpaired) electrons. The molecule has 0 aliphatic heterocycles. The van der Waals surface area contributed by atoms with Gasteiger partial charge in [0.2, 0.25) is 5.88 Å². The second-order valence-electron chi connectivity index (χ2n) is 8.44. The number of thiocarbonyl (C=S) groups is 1. The highest BCUT2D eigenvalue weighted by atomic mass is 32.1. The zero-order valence-electron chi connectivity index (χ0n) is 18.4. The van der Waals surface area contributed by atoms with Crippen molar-refractivity contribution in [1.82, 2.24) is 9.78 Å². The molecule has 1 atom stereocenters. The molecule has 0 unspecified atom stereocenters. The van der Waals surface area contributed by atoms with Gasteiger partial charge in [-0.2, -0.15) is 8.78 Å². The van der Waals surface area contributed by atoms with E-state index in [0.717, 1.165) is 41.0 Å². The van der Waals surface area contributed by atoms with E-state index in [4.69, 9.17) is 17.0 Å². The van der Waals surface area contributed by atoms with Gasteiger partial charge in [0, 0.05) is 41.6 Å². The number of carbonyl (C=O) groups is 2. The number of carbonyl (C=O) groups excluding carboxylic acids is 2. The monoisotopic (exact) mass is 497 g/mol. The maximum absolute atomic E-state index is 12.6. The highest BCUT2D eigenvalue weighted by Crippen LogP contribution is 2.40. The fraction of sp³-hybridized carbons (Fsp3) is 0.545. The van der Waals surface area contributed by atoms with E-state index >= 15 is 0 Å². The Morgan fingerprint density at radius 1 is 1.36 bits per heavy atom. The normalized spacial score (nSPS) is 17.5. The van der Waals surface area contributed by atoms with E-state index < -0.39 is 12.6 Å². The number of halogens is 2. The molecular weight excluding hydrogens is 472 g/mol. The summed E-state index contributed by atoms with van der Waals surface area (Å²) in [6.07, 6.45) is 5.12. The number of hydrogen-bond donors (Lipinski definition) is 1. The molecule has 0 aromatic carbocycles. The SMILES string of the molecule is COC(=O)c1c(CC(=O)C2CC2)sc2c1C[C@@H](CC(=S)Nc1cc(OC(F)F)nn1C)CC2. The number of aryl methyl sites for hydroxylation is 2. The summed E-state index contributed by atoms with van der Waals surface area (Å²) < 4.78 is 35.6. The van der Waals surface area contributed by atoms with Crippen molar-refractivity contribution in [2.75, 3.05) is 12.4 Å². The van der Waals surface area contributed by atoms with E-state index in [0.29, 0.717) is 35.6 Å². The molecule has 4 rings (SSSR count). The molecule has 0 amide bonds. The van der Waals surface area contributed by atoms with Crippen molar-refractivity contribution >= 4 is 46.1 Å². The average molecular weight is 498 g/mol. The third-order valence-corrected chi connectivity index (χ3v) is 7.56. The number of rotatable bonds is 9. The van der Waals surface area contributed by atoms with Crippen molar-refractivity contribution < 1.29 is 27.8 Å². The summed E-state index contributed by atoms with van der Waals surface area (Å²) >= 11 is 7.06. The first-order valence-electron chi connectivity index (χ1n) is 10.8. The first-order chi connectivity index (χ1) is 15.7. The van der Waals surface area contributed by atoms with Crippen molar-refractivity contribution in [3.8, 4) is 5.88 Å². The van der Waals surface area contributed by atoms with E-state index in [-0.39, 0.29) is 23.5 Å². The molecule has 33 heavy (non-hydrogen) atoms. The molecule has 1 saturated carbocycles. The van der Waals surface area contributed by atoms with Gasteiger partial charge in [-0.05, 0) is 43.6 Å². The standard InChI is InChI=1S/C22H25F2N3O4S2/c1-27-17(10-18(26-27)31-22(23)24)25-19(32)8-11-3-6-15-13(7-11)20(21(29)30-2)16(33-15)9-14(28)12-4-5-12/h10-12,22H,3-9H2,1-2H3,(H,25,32)/t11-/m0/s1. The Kier molecular flexibility index (Phi) is 7.08. The Hall–Kier alpha value is -2.40. The highest BCUT2D eigenvalue weighted by Gasteiger charge is 2.34. The van der Waals surface area contributed by atoms with Crippen LogP contribution < -0.4 is 10.1 Å². The van der Waals surface area contributed by atoms with Crippen LogP contribution in [0.25, 0.3) is 0 Å². The molecule has 2 aliphatic rings. The van der Waals surface area contributed by atoms with Gasteiger partial charge >= 0.3 is 12.6 Å². The Labute approximate surface area is 199 Å². The number of thiophene rings is 1. The Morgan fingerprint density at radius 2 is 2.12 bits per heavy atom. The van der Waals surface area contributed by atoms with Crippen molar-refractivity contribution in [3.63, 3.8) is 0 Å². The molecule has 2 heterocycles. The van der Waals surface area contributed by atoms with Crippen LogP contribution in [0, 0.1) is 11.8 Å². The maximum Gasteiger partial charge on any atom is 0.388 e. The summed E-state index contributed by atoms with van der Waals surface area (Å²) in [6.45, 7) is -2.95. The van der Waals surface area contributed by atoms with E-state index in [2.05, 4.69) is 15.2 Å². The largest absolute Gasteiger partial charge is 0.465 e. The summed E-state index contributed by atoms with van der Waals surface area (Å²) in [5, 5.41) is 6.93. The minimum absolute atomic E-state index is 0.143. The molecule has 2 aromatic heterocycles. The number of aromatic nitrogens is 2. The van der Waals surface area contributed by atoms with E-state index in [1.807, 2.05) is 0 Å². The highest BCUT2D eigenvalue weighted by molar-refractivity contribution is 7.80. The van der Waals surface area contributed by atoms with Gasteiger partial charge in [0.15, 0.2) is 0 Å². The second kappa shape index (κ2) is 9.84. The van der Waals surface area contributed by atoms with Gasteiger partial charge in [0.1, 0.15) is 11.6 Å². The van der Waals surface area contributed by atoms with Crippen LogP contribution in [0.3, 0.4) is 0 Å². The van der Waals surface area contributed by atoms with Crippen molar-refractivity contribution in [2.45, 2.75) is 51.6 Å². The van der Waals surface area contributed by atoms with Crippen LogP contribution in [-0.4, -0.2) is 40.2 Å². The quantitative estimate of drug-likeness (QED) is 0.408. The minimum atomic E-state index is -2.95. The van der Waals surface area contributed by atoms with Gasteiger partial charge in [0.25, 0.3) is 0 Å². The zero-order valence-corrected chi connectivity index (χ0v) is 20.0. The van der Waals surface area contributed by atoms with E-state index in [1.165, 1.54) is 17.9 Å². The smallest absolute Gasteiger partial charge is 0.388 e. The van der Waals surface area contributed by atoms with Crippen LogP contribution in [0.15, 0.2) is 6.07 Å².